The van der Waals surface area contributed by atoms with Gasteiger partial charge in [-0.05, 0) is 31.9 Å². The zero-order valence-electron chi connectivity index (χ0n) is 10.2. The standard InChI is InChI=1S/C12H17N3O3/c1-7-5-6-10(18-7)12(16)14-9-4-2-3-8(9)11(13)15-17/h5-6,8-9,17H,2-4H2,1H3,(H2,13,15)(H,14,16). The number of nitrogens with zero attached hydrogens (tertiary/aromatic N) is 1. The van der Waals surface area contributed by atoms with Gasteiger partial charge in [0.15, 0.2) is 5.76 Å². The molecule has 1 aromatic heterocycles. The molecule has 0 spiro atoms. The van der Waals surface area contributed by atoms with Gasteiger partial charge in [0, 0.05) is 12.0 Å². The summed E-state index contributed by atoms with van der Waals surface area (Å²) in [5.74, 6) is 0.798. The van der Waals surface area contributed by atoms with Crippen LogP contribution in [0, 0.1) is 12.8 Å². The molecule has 1 fully saturated rings. The van der Waals surface area contributed by atoms with Gasteiger partial charge >= 0.3 is 0 Å². The lowest BCUT2D eigenvalue weighted by Crippen LogP contribution is -2.42. The maximum atomic E-state index is 11.9. The zero-order chi connectivity index (χ0) is 13.1. The van der Waals surface area contributed by atoms with E-state index in [2.05, 4.69) is 10.5 Å². The lowest BCUT2D eigenvalue weighted by atomic mass is 10.0. The Morgan fingerprint density at radius 2 is 2.33 bits per heavy atom. The second-order valence-electron chi connectivity index (χ2n) is 4.55. The fourth-order valence-corrected chi connectivity index (χ4v) is 2.36. The van der Waals surface area contributed by atoms with E-state index in [4.69, 9.17) is 15.4 Å². The quantitative estimate of drug-likeness (QED) is 0.325. The van der Waals surface area contributed by atoms with E-state index in [0.717, 1.165) is 19.3 Å². The van der Waals surface area contributed by atoms with Crippen LogP contribution in [0.5, 0.6) is 0 Å². The molecule has 1 heterocycles. The molecule has 6 nitrogen and oxygen atoms in total. The van der Waals surface area contributed by atoms with Gasteiger partial charge in [-0.1, -0.05) is 11.6 Å². The smallest absolute Gasteiger partial charge is 0.287 e. The minimum Gasteiger partial charge on any atom is -0.456 e. The molecule has 1 amide bonds. The van der Waals surface area contributed by atoms with Crippen molar-refractivity contribution >= 4 is 11.7 Å². The third-order valence-corrected chi connectivity index (χ3v) is 3.29. The largest absolute Gasteiger partial charge is 0.456 e. The van der Waals surface area contributed by atoms with Gasteiger partial charge in [0.25, 0.3) is 5.91 Å². The zero-order valence-corrected chi connectivity index (χ0v) is 10.2. The molecular weight excluding hydrogens is 234 g/mol. The van der Waals surface area contributed by atoms with Crippen LogP contribution < -0.4 is 11.1 Å². The van der Waals surface area contributed by atoms with Crippen molar-refractivity contribution in [3.8, 4) is 0 Å². The second kappa shape index (κ2) is 5.12. The first-order valence-corrected chi connectivity index (χ1v) is 5.96. The second-order valence-corrected chi connectivity index (χ2v) is 4.55. The molecule has 1 aliphatic carbocycles. The number of rotatable bonds is 3. The number of furan rings is 1. The summed E-state index contributed by atoms with van der Waals surface area (Å²) in [6, 6.07) is 3.28. The Morgan fingerprint density at radius 1 is 1.56 bits per heavy atom. The number of hydrogen-bond donors (Lipinski definition) is 3. The van der Waals surface area contributed by atoms with Crippen molar-refractivity contribution < 1.29 is 14.4 Å². The third kappa shape index (κ3) is 2.47. The number of amidine groups is 1. The molecule has 2 rings (SSSR count). The average Bonchev–Trinajstić information content (AvgIpc) is 2.97. The van der Waals surface area contributed by atoms with E-state index in [9.17, 15) is 4.79 Å². The summed E-state index contributed by atoms with van der Waals surface area (Å²) in [5, 5.41) is 14.6. The number of nitrogens with one attached hydrogen (secondary N) is 1. The first-order chi connectivity index (χ1) is 8.61. The normalized spacial score (nSPS) is 24.2. The van der Waals surface area contributed by atoms with Gasteiger partial charge in [-0.2, -0.15) is 0 Å². The van der Waals surface area contributed by atoms with Crippen LogP contribution in [0.25, 0.3) is 0 Å². The first kappa shape index (κ1) is 12.5. The molecule has 0 bridgehead atoms. The fraction of sp³-hybridized carbons (Fsp3) is 0.500. The summed E-state index contributed by atoms with van der Waals surface area (Å²) < 4.78 is 5.25. The molecule has 6 heteroatoms. The SMILES string of the molecule is Cc1ccc(C(=O)NC2CCCC2C(N)=NO)o1. The lowest BCUT2D eigenvalue weighted by Gasteiger charge is -2.19. The lowest BCUT2D eigenvalue weighted by molar-refractivity contribution is 0.0904. The van der Waals surface area contributed by atoms with Crippen LogP contribution in [0.4, 0.5) is 0 Å². The van der Waals surface area contributed by atoms with E-state index in [-0.39, 0.29) is 29.5 Å². The molecular formula is C12H17N3O3. The van der Waals surface area contributed by atoms with Gasteiger partial charge in [0.05, 0.1) is 0 Å². The molecule has 4 N–H and O–H groups in total. The number of amides is 1. The molecule has 98 valence electrons. The number of carbonyl (C=O) groups is 1. The van der Waals surface area contributed by atoms with Crippen LogP contribution in [0.2, 0.25) is 0 Å². The van der Waals surface area contributed by atoms with Crippen LogP contribution >= 0.6 is 0 Å². The minimum absolute atomic E-state index is 0.0983. The van der Waals surface area contributed by atoms with Crippen molar-refractivity contribution in [1.82, 2.24) is 5.32 Å². The molecule has 2 atom stereocenters. The van der Waals surface area contributed by atoms with Crippen molar-refractivity contribution in [3.63, 3.8) is 0 Å². The number of oxime groups is 1. The van der Waals surface area contributed by atoms with Crippen molar-refractivity contribution in [2.24, 2.45) is 16.8 Å². The van der Waals surface area contributed by atoms with Crippen molar-refractivity contribution in [2.75, 3.05) is 0 Å². The molecule has 1 aromatic rings. The minimum atomic E-state index is -0.259. The topological polar surface area (TPSA) is 101 Å². The molecule has 0 aliphatic heterocycles. The number of nitrogens with two attached hydrogens (primary N) is 1. The van der Waals surface area contributed by atoms with Crippen molar-refractivity contribution in [1.29, 1.82) is 0 Å². The third-order valence-electron chi connectivity index (χ3n) is 3.29. The van der Waals surface area contributed by atoms with E-state index in [0.29, 0.717) is 5.76 Å². The number of hydrogen-bond acceptors (Lipinski definition) is 4. The van der Waals surface area contributed by atoms with E-state index in [1.807, 2.05) is 0 Å². The molecule has 1 saturated carbocycles. The van der Waals surface area contributed by atoms with Gasteiger partial charge in [0.2, 0.25) is 0 Å². The number of carbonyl (C=O) groups excluding carboxylic acids is 1. The van der Waals surface area contributed by atoms with Gasteiger partial charge in [0.1, 0.15) is 11.6 Å². The molecule has 0 radical (unpaired) electrons. The van der Waals surface area contributed by atoms with Crippen molar-refractivity contribution in [3.05, 3.63) is 23.7 Å². The fourth-order valence-electron chi connectivity index (χ4n) is 2.36. The molecule has 1 aliphatic rings. The van der Waals surface area contributed by atoms with Crippen LogP contribution in [0.15, 0.2) is 21.7 Å². The highest BCUT2D eigenvalue weighted by molar-refractivity contribution is 5.92. The summed E-state index contributed by atoms with van der Waals surface area (Å²) >= 11 is 0. The Kier molecular flexibility index (Phi) is 3.55. The first-order valence-electron chi connectivity index (χ1n) is 5.96. The van der Waals surface area contributed by atoms with Gasteiger partial charge < -0.3 is 20.7 Å². The van der Waals surface area contributed by atoms with Gasteiger partial charge in [-0.3, -0.25) is 4.79 Å². The predicted molar refractivity (Wildman–Crippen MR) is 65.4 cm³/mol. The molecule has 0 saturated heterocycles. The summed E-state index contributed by atoms with van der Waals surface area (Å²) in [5.41, 5.74) is 5.61. The van der Waals surface area contributed by atoms with Crippen LogP contribution in [-0.4, -0.2) is 23.0 Å². The highest BCUT2D eigenvalue weighted by atomic mass is 16.4. The Morgan fingerprint density at radius 3 is 2.94 bits per heavy atom. The van der Waals surface area contributed by atoms with E-state index < -0.39 is 0 Å². The monoisotopic (exact) mass is 251 g/mol. The Bertz CT molecular complexity index is 467. The predicted octanol–water partition coefficient (Wildman–Crippen LogP) is 1.23. The van der Waals surface area contributed by atoms with E-state index in [1.54, 1.807) is 19.1 Å². The Labute approximate surface area is 105 Å². The Balaban J connectivity index is 2.03. The summed E-state index contributed by atoms with van der Waals surface area (Å²) in [6.07, 6.45) is 2.59. The molecule has 18 heavy (non-hydrogen) atoms. The summed E-state index contributed by atoms with van der Waals surface area (Å²) in [4.78, 5) is 11.9. The molecule has 2 unspecified atom stereocenters. The van der Waals surface area contributed by atoms with E-state index >= 15 is 0 Å². The van der Waals surface area contributed by atoms with Crippen LogP contribution in [0.1, 0.15) is 35.6 Å². The highest BCUT2D eigenvalue weighted by Gasteiger charge is 2.32. The maximum Gasteiger partial charge on any atom is 0.287 e. The van der Waals surface area contributed by atoms with Crippen LogP contribution in [0.3, 0.4) is 0 Å². The van der Waals surface area contributed by atoms with Gasteiger partial charge in [-0.15, -0.1) is 0 Å². The van der Waals surface area contributed by atoms with E-state index in [1.165, 1.54) is 0 Å². The summed E-state index contributed by atoms with van der Waals surface area (Å²) in [6.45, 7) is 1.78. The van der Waals surface area contributed by atoms with Crippen LogP contribution in [-0.2, 0) is 0 Å². The summed E-state index contributed by atoms with van der Waals surface area (Å²) in [7, 11) is 0. The number of aryl methyl sites for hydroxylation is 1. The van der Waals surface area contributed by atoms with Crippen molar-refractivity contribution in [2.45, 2.75) is 32.2 Å². The molecule has 0 aromatic carbocycles. The van der Waals surface area contributed by atoms with Gasteiger partial charge in [-0.25, -0.2) is 0 Å². The maximum absolute atomic E-state index is 11.9. The highest BCUT2D eigenvalue weighted by Crippen LogP contribution is 2.26. The Hall–Kier alpha value is -1.98. The average molecular weight is 251 g/mol.